The molecule has 2 aromatic rings. The summed E-state index contributed by atoms with van der Waals surface area (Å²) in [6, 6.07) is 10.3. The van der Waals surface area contributed by atoms with Gasteiger partial charge in [-0.25, -0.2) is 9.18 Å². The Morgan fingerprint density at radius 3 is 2.46 bits per heavy atom. The van der Waals surface area contributed by atoms with Gasteiger partial charge in [-0.05, 0) is 45.8 Å². The Morgan fingerprint density at radius 2 is 1.83 bits per heavy atom. The lowest BCUT2D eigenvalue weighted by Gasteiger charge is -2.34. The SMILES string of the molecule is O=C(NCc1ccc(F)cc1)N1CCN(Cc2ccc(Br)s2)CC1. The fraction of sp³-hybridized carbons (Fsp3) is 0.353. The number of urea groups is 1. The van der Waals surface area contributed by atoms with Gasteiger partial charge in [-0.1, -0.05) is 12.1 Å². The molecular formula is C17H19BrFN3OS. The minimum absolute atomic E-state index is 0.0576. The van der Waals surface area contributed by atoms with Crippen LogP contribution in [0.1, 0.15) is 10.4 Å². The summed E-state index contributed by atoms with van der Waals surface area (Å²) in [6.45, 7) is 4.55. The van der Waals surface area contributed by atoms with E-state index in [-0.39, 0.29) is 11.8 Å². The number of amides is 2. The van der Waals surface area contributed by atoms with Gasteiger partial charge in [0.2, 0.25) is 0 Å². The van der Waals surface area contributed by atoms with Crippen molar-refractivity contribution in [2.45, 2.75) is 13.1 Å². The van der Waals surface area contributed by atoms with E-state index in [1.807, 2.05) is 4.90 Å². The van der Waals surface area contributed by atoms with Gasteiger partial charge < -0.3 is 10.2 Å². The van der Waals surface area contributed by atoms with Crippen molar-refractivity contribution >= 4 is 33.3 Å². The van der Waals surface area contributed by atoms with Crippen LogP contribution in [0, 0.1) is 5.82 Å². The first-order valence-electron chi connectivity index (χ1n) is 7.84. The van der Waals surface area contributed by atoms with E-state index in [2.05, 4.69) is 38.3 Å². The van der Waals surface area contributed by atoms with Crippen LogP contribution in [-0.4, -0.2) is 42.0 Å². The highest BCUT2D eigenvalue weighted by Crippen LogP contribution is 2.23. The van der Waals surface area contributed by atoms with Gasteiger partial charge in [0.25, 0.3) is 0 Å². The fourth-order valence-electron chi connectivity index (χ4n) is 2.66. The number of thiophene rings is 1. The lowest BCUT2D eigenvalue weighted by Crippen LogP contribution is -2.51. The van der Waals surface area contributed by atoms with Gasteiger partial charge in [0.05, 0.1) is 3.79 Å². The number of nitrogens with zero attached hydrogens (tertiary/aromatic N) is 2. The molecule has 1 aromatic carbocycles. The van der Waals surface area contributed by atoms with Crippen LogP contribution in [0.15, 0.2) is 40.2 Å². The van der Waals surface area contributed by atoms with Crippen molar-refractivity contribution in [3.05, 3.63) is 56.4 Å². The number of halogens is 2. The van der Waals surface area contributed by atoms with Crippen LogP contribution >= 0.6 is 27.3 Å². The Hall–Kier alpha value is -1.44. The molecule has 7 heteroatoms. The summed E-state index contributed by atoms with van der Waals surface area (Å²) in [5, 5.41) is 2.90. The summed E-state index contributed by atoms with van der Waals surface area (Å²) in [6.07, 6.45) is 0. The van der Waals surface area contributed by atoms with Crippen LogP contribution in [0.25, 0.3) is 0 Å². The van der Waals surface area contributed by atoms with Crippen LogP contribution < -0.4 is 5.32 Å². The highest BCUT2D eigenvalue weighted by molar-refractivity contribution is 9.11. The number of carbonyl (C=O) groups is 1. The monoisotopic (exact) mass is 411 g/mol. The Labute approximate surface area is 153 Å². The largest absolute Gasteiger partial charge is 0.334 e. The predicted molar refractivity (Wildman–Crippen MR) is 97.5 cm³/mol. The Balaban J connectivity index is 1.42. The lowest BCUT2D eigenvalue weighted by atomic mass is 10.2. The number of piperazine rings is 1. The Kier molecular flexibility index (Phi) is 5.86. The third-order valence-electron chi connectivity index (χ3n) is 4.02. The molecule has 0 saturated carbocycles. The van der Waals surface area contributed by atoms with E-state index in [0.29, 0.717) is 6.54 Å². The molecule has 1 fully saturated rings. The number of hydrogen-bond acceptors (Lipinski definition) is 3. The first-order chi connectivity index (χ1) is 11.6. The Bertz CT molecular complexity index is 683. The van der Waals surface area contributed by atoms with Crippen molar-refractivity contribution in [2.24, 2.45) is 0 Å². The van der Waals surface area contributed by atoms with Crippen molar-refractivity contribution in [1.82, 2.24) is 15.1 Å². The van der Waals surface area contributed by atoms with E-state index in [1.54, 1.807) is 23.5 Å². The number of hydrogen-bond donors (Lipinski definition) is 1. The maximum absolute atomic E-state index is 12.9. The minimum Gasteiger partial charge on any atom is -0.334 e. The van der Waals surface area contributed by atoms with Gasteiger partial charge in [-0.2, -0.15) is 0 Å². The molecule has 0 spiro atoms. The Morgan fingerprint density at radius 1 is 1.12 bits per heavy atom. The van der Waals surface area contributed by atoms with Crippen molar-refractivity contribution < 1.29 is 9.18 Å². The molecule has 2 amide bonds. The summed E-state index contributed by atoms with van der Waals surface area (Å²) in [5.74, 6) is -0.265. The van der Waals surface area contributed by atoms with Crippen LogP contribution in [0.4, 0.5) is 9.18 Å². The van der Waals surface area contributed by atoms with Gasteiger partial charge in [-0.3, -0.25) is 4.90 Å². The van der Waals surface area contributed by atoms with Crippen molar-refractivity contribution in [3.63, 3.8) is 0 Å². The molecule has 0 bridgehead atoms. The van der Waals surface area contributed by atoms with E-state index in [9.17, 15) is 9.18 Å². The third kappa shape index (κ3) is 4.78. The smallest absolute Gasteiger partial charge is 0.317 e. The predicted octanol–water partition coefficient (Wildman–Crippen LogP) is 3.68. The van der Waals surface area contributed by atoms with E-state index in [0.717, 1.165) is 42.1 Å². The van der Waals surface area contributed by atoms with E-state index < -0.39 is 0 Å². The zero-order valence-electron chi connectivity index (χ0n) is 13.2. The first-order valence-corrected chi connectivity index (χ1v) is 9.45. The lowest BCUT2D eigenvalue weighted by molar-refractivity contribution is 0.135. The maximum Gasteiger partial charge on any atom is 0.317 e. The molecule has 0 aliphatic carbocycles. The quantitative estimate of drug-likeness (QED) is 0.832. The minimum atomic E-state index is -0.265. The molecule has 4 nitrogen and oxygen atoms in total. The van der Waals surface area contributed by atoms with Crippen LogP contribution in [0.2, 0.25) is 0 Å². The molecule has 1 aromatic heterocycles. The molecule has 1 aliphatic rings. The second kappa shape index (κ2) is 8.09. The van der Waals surface area contributed by atoms with E-state index in [1.165, 1.54) is 17.0 Å². The van der Waals surface area contributed by atoms with Gasteiger partial charge in [-0.15, -0.1) is 11.3 Å². The molecule has 3 rings (SSSR count). The second-order valence-electron chi connectivity index (χ2n) is 5.75. The number of nitrogens with one attached hydrogen (secondary N) is 1. The maximum atomic E-state index is 12.9. The van der Waals surface area contributed by atoms with Crippen molar-refractivity contribution in [3.8, 4) is 0 Å². The van der Waals surface area contributed by atoms with Gasteiger partial charge >= 0.3 is 6.03 Å². The second-order valence-corrected chi connectivity index (χ2v) is 8.30. The molecule has 1 saturated heterocycles. The average Bonchev–Trinajstić information content (AvgIpc) is 2.99. The van der Waals surface area contributed by atoms with E-state index >= 15 is 0 Å². The van der Waals surface area contributed by atoms with Gasteiger partial charge in [0.15, 0.2) is 0 Å². The molecular weight excluding hydrogens is 393 g/mol. The number of benzene rings is 1. The van der Waals surface area contributed by atoms with Crippen LogP contribution in [-0.2, 0) is 13.1 Å². The number of carbonyl (C=O) groups excluding carboxylic acids is 1. The summed E-state index contributed by atoms with van der Waals surface area (Å²) in [4.78, 5) is 17.8. The standard InChI is InChI=1S/C17H19BrFN3OS/c18-16-6-5-15(24-16)12-21-7-9-22(10-8-21)17(23)20-11-13-1-3-14(19)4-2-13/h1-6H,7-12H2,(H,20,23). The summed E-state index contributed by atoms with van der Waals surface area (Å²) < 4.78 is 14.0. The highest BCUT2D eigenvalue weighted by atomic mass is 79.9. The summed E-state index contributed by atoms with van der Waals surface area (Å²) >= 11 is 5.23. The highest BCUT2D eigenvalue weighted by Gasteiger charge is 2.21. The van der Waals surface area contributed by atoms with Crippen LogP contribution in [0.5, 0.6) is 0 Å². The average molecular weight is 412 g/mol. The van der Waals surface area contributed by atoms with Crippen molar-refractivity contribution in [1.29, 1.82) is 0 Å². The number of rotatable bonds is 4. The molecule has 128 valence electrons. The molecule has 1 aliphatic heterocycles. The zero-order chi connectivity index (χ0) is 16.9. The van der Waals surface area contributed by atoms with Gasteiger partial charge in [0, 0.05) is 44.1 Å². The summed E-state index contributed by atoms with van der Waals surface area (Å²) in [5.41, 5.74) is 0.895. The molecule has 1 N–H and O–H groups in total. The molecule has 24 heavy (non-hydrogen) atoms. The molecule has 0 radical (unpaired) electrons. The van der Waals surface area contributed by atoms with Crippen molar-refractivity contribution in [2.75, 3.05) is 26.2 Å². The topological polar surface area (TPSA) is 35.6 Å². The van der Waals surface area contributed by atoms with Crippen LogP contribution in [0.3, 0.4) is 0 Å². The first kappa shape index (κ1) is 17.4. The third-order valence-corrected chi connectivity index (χ3v) is 5.63. The summed E-state index contributed by atoms with van der Waals surface area (Å²) in [7, 11) is 0. The van der Waals surface area contributed by atoms with Gasteiger partial charge in [0.1, 0.15) is 5.82 Å². The normalized spacial score (nSPS) is 15.5. The van der Waals surface area contributed by atoms with E-state index in [4.69, 9.17) is 0 Å². The molecule has 0 unspecified atom stereocenters. The fourth-order valence-corrected chi connectivity index (χ4v) is 4.18. The molecule has 2 heterocycles. The molecule has 0 atom stereocenters. The zero-order valence-corrected chi connectivity index (χ0v) is 15.6.